The Bertz CT molecular complexity index is 1520. The molecule has 0 saturated heterocycles. The van der Waals surface area contributed by atoms with Crippen LogP contribution >= 0.6 is 27.3 Å². The number of benzene rings is 2. The van der Waals surface area contributed by atoms with Gasteiger partial charge in [-0.15, -0.1) is 0 Å². The number of ether oxygens (including phenoxy) is 3. The smallest absolute Gasteiger partial charge is 0.338 e. The van der Waals surface area contributed by atoms with Gasteiger partial charge in [-0.2, -0.15) is 0 Å². The van der Waals surface area contributed by atoms with Crippen LogP contribution in [0.5, 0.6) is 17.2 Å². The van der Waals surface area contributed by atoms with E-state index in [-0.39, 0.29) is 23.7 Å². The molecule has 0 saturated carbocycles. The van der Waals surface area contributed by atoms with Crippen molar-refractivity contribution >= 4 is 39.3 Å². The molecule has 1 aliphatic rings. The number of carbonyl (C=O) groups is 1. The lowest BCUT2D eigenvalue weighted by Crippen LogP contribution is -2.39. The molecule has 4 rings (SSSR count). The number of nitrogens with zero attached hydrogens (tertiary/aromatic N) is 2. The molecule has 0 aliphatic carbocycles. The molecule has 0 bridgehead atoms. The van der Waals surface area contributed by atoms with E-state index < -0.39 is 12.0 Å². The van der Waals surface area contributed by atoms with Gasteiger partial charge >= 0.3 is 5.97 Å². The number of hydrogen-bond donors (Lipinski definition) is 1. The summed E-state index contributed by atoms with van der Waals surface area (Å²) in [5.41, 5.74) is 1.82. The number of aromatic nitrogens is 1. The first kappa shape index (κ1) is 24.7. The highest BCUT2D eigenvalue weighted by Crippen LogP contribution is 2.35. The minimum absolute atomic E-state index is 0.0289. The van der Waals surface area contributed by atoms with Crippen LogP contribution in [0.3, 0.4) is 0 Å². The summed E-state index contributed by atoms with van der Waals surface area (Å²) in [6.45, 7) is 3.66. The number of phenolic OH excluding ortho intramolecular Hbond substituents is 1. The minimum Gasteiger partial charge on any atom is -0.503 e. The Labute approximate surface area is 213 Å². The number of methoxy groups -OCH3 is 2. The molecule has 0 fully saturated rings. The highest BCUT2D eigenvalue weighted by Gasteiger charge is 2.33. The molecule has 1 aliphatic heterocycles. The highest BCUT2D eigenvalue weighted by molar-refractivity contribution is 9.10. The average molecular weight is 559 g/mol. The molecule has 8 nitrogen and oxygen atoms in total. The van der Waals surface area contributed by atoms with Crippen molar-refractivity contribution in [1.29, 1.82) is 0 Å². The van der Waals surface area contributed by atoms with E-state index in [0.717, 1.165) is 0 Å². The summed E-state index contributed by atoms with van der Waals surface area (Å²) in [5, 5.41) is 10.1. The van der Waals surface area contributed by atoms with Crippen molar-refractivity contribution in [3.8, 4) is 17.2 Å². The molecule has 1 unspecified atom stereocenters. The number of fused-ring (bicyclic) bond motifs is 1. The number of aromatic hydroxyl groups is 1. The Morgan fingerprint density at radius 3 is 2.71 bits per heavy atom. The topological polar surface area (TPSA) is 99.4 Å². The van der Waals surface area contributed by atoms with E-state index in [9.17, 15) is 14.7 Å². The second-order valence-electron chi connectivity index (χ2n) is 7.63. The number of allylic oxidation sites excluding steroid dienone is 1. The Balaban J connectivity index is 1.96. The number of esters is 1. The second-order valence-corrected chi connectivity index (χ2v) is 9.50. The summed E-state index contributed by atoms with van der Waals surface area (Å²) in [6, 6.07) is 9.82. The number of phenols is 1. The van der Waals surface area contributed by atoms with Gasteiger partial charge in [-0.1, -0.05) is 23.5 Å². The molecule has 1 N–H and O–H groups in total. The average Bonchev–Trinajstić information content (AvgIpc) is 3.14. The lowest BCUT2D eigenvalue weighted by atomic mass is 9.95. The zero-order chi connectivity index (χ0) is 25.3. The van der Waals surface area contributed by atoms with Crippen molar-refractivity contribution in [1.82, 2.24) is 4.57 Å². The molecule has 2 aromatic carbocycles. The predicted octanol–water partition coefficient (Wildman–Crippen LogP) is 3.28. The van der Waals surface area contributed by atoms with Gasteiger partial charge in [0.1, 0.15) is 5.75 Å². The van der Waals surface area contributed by atoms with Crippen molar-refractivity contribution < 1.29 is 24.1 Å². The predicted molar refractivity (Wildman–Crippen MR) is 136 cm³/mol. The summed E-state index contributed by atoms with van der Waals surface area (Å²) >= 11 is 4.52. The lowest BCUT2D eigenvalue weighted by molar-refractivity contribution is -0.139. The van der Waals surface area contributed by atoms with E-state index in [2.05, 4.69) is 20.9 Å². The van der Waals surface area contributed by atoms with Gasteiger partial charge in [0.2, 0.25) is 0 Å². The van der Waals surface area contributed by atoms with E-state index in [1.165, 1.54) is 23.0 Å². The first-order valence-corrected chi connectivity index (χ1v) is 12.3. The summed E-state index contributed by atoms with van der Waals surface area (Å²) in [7, 11) is 3.01. The fraction of sp³-hybridized carbons (Fsp3) is 0.240. The number of hydrogen-bond acceptors (Lipinski definition) is 8. The van der Waals surface area contributed by atoms with Crippen LogP contribution in [0.2, 0.25) is 0 Å². The highest BCUT2D eigenvalue weighted by atomic mass is 79.9. The van der Waals surface area contributed by atoms with E-state index >= 15 is 0 Å². The van der Waals surface area contributed by atoms with Crippen LogP contribution < -0.4 is 24.4 Å². The molecule has 182 valence electrons. The van der Waals surface area contributed by atoms with Crippen molar-refractivity contribution in [2.45, 2.75) is 19.9 Å². The van der Waals surface area contributed by atoms with Crippen molar-refractivity contribution in [3.05, 3.63) is 83.0 Å². The van der Waals surface area contributed by atoms with Gasteiger partial charge in [0.25, 0.3) is 5.56 Å². The summed E-state index contributed by atoms with van der Waals surface area (Å²) in [6.07, 6.45) is 1.70. The van der Waals surface area contributed by atoms with Gasteiger partial charge in [0, 0.05) is 0 Å². The standard InChI is InChI=1S/C25H23BrN2O6S/c1-5-34-24(31)20-13(2)27-25-28(21(20)15-7-6-8-16(12-15)32-3)23(30)19(35-25)11-14-9-17(26)22(29)18(10-14)33-4/h6-12,21,29H,5H2,1-4H3/b19-11-. The fourth-order valence-corrected chi connectivity index (χ4v) is 5.41. The first-order valence-electron chi connectivity index (χ1n) is 10.7. The molecule has 0 amide bonds. The van der Waals surface area contributed by atoms with Gasteiger partial charge in [-0.05, 0) is 71.2 Å². The van der Waals surface area contributed by atoms with Gasteiger partial charge in [0.05, 0.1) is 47.1 Å². The van der Waals surface area contributed by atoms with E-state index in [0.29, 0.717) is 42.0 Å². The maximum atomic E-state index is 13.7. The monoisotopic (exact) mass is 558 g/mol. The number of thiazole rings is 1. The maximum Gasteiger partial charge on any atom is 0.338 e. The molecule has 0 radical (unpaired) electrons. The zero-order valence-corrected chi connectivity index (χ0v) is 21.9. The molecule has 35 heavy (non-hydrogen) atoms. The van der Waals surface area contributed by atoms with Crippen molar-refractivity contribution in [2.75, 3.05) is 20.8 Å². The summed E-state index contributed by atoms with van der Waals surface area (Å²) in [5.74, 6) is 0.318. The number of carbonyl (C=O) groups excluding carboxylic acids is 1. The third kappa shape index (κ3) is 4.63. The van der Waals surface area contributed by atoms with Crippen LogP contribution in [0.4, 0.5) is 0 Å². The van der Waals surface area contributed by atoms with E-state index in [4.69, 9.17) is 14.2 Å². The molecule has 3 aromatic rings. The largest absolute Gasteiger partial charge is 0.503 e. The zero-order valence-electron chi connectivity index (χ0n) is 19.5. The fourth-order valence-electron chi connectivity index (χ4n) is 3.90. The van der Waals surface area contributed by atoms with Crippen LogP contribution in [-0.2, 0) is 9.53 Å². The Morgan fingerprint density at radius 1 is 1.26 bits per heavy atom. The van der Waals surface area contributed by atoms with Crippen molar-refractivity contribution in [2.24, 2.45) is 4.99 Å². The third-order valence-electron chi connectivity index (χ3n) is 5.50. The second kappa shape index (κ2) is 10.1. The first-order chi connectivity index (χ1) is 16.8. The molecular weight excluding hydrogens is 536 g/mol. The third-order valence-corrected chi connectivity index (χ3v) is 7.08. The van der Waals surface area contributed by atoms with Crippen LogP contribution in [0, 0.1) is 0 Å². The minimum atomic E-state index is -0.733. The molecular formula is C25H23BrN2O6S. The molecule has 0 spiro atoms. The molecule has 10 heteroatoms. The number of halogens is 1. The van der Waals surface area contributed by atoms with Gasteiger partial charge in [0.15, 0.2) is 16.3 Å². The molecule has 1 aromatic heterocycles. The molecule has 2 heterocycles. The van der Waals surface area contributed by atoms with Crippen LogP contribution in [0.15, 0.2) is 61.9 Å². The Hall–Kier alpha value is -3.37. The van der Waals surface area contributed by atoms with Crippen LogP contribution in [-0.4, -0.2) is 36.5 Å². The summed E-state index contributed by atoms with van der Waals surface area (Å²) in [4.78, 5) is 31.7. The summed E-state index contributed by atoms with van der Waals surface area (Å²) < 4.78 is 18.3. The van der Waals surface area contributed by atoms with E-state index in [1.54, 1.807) is 51.3 Å². The maximum absolute atomic E-state index is 13.7. The van der Waals surface area contributed by atoms with Crippen LogP contribution in [0.25, 0.3) is 6.08 Å². The van der Waals surface area contributed by atoms with Crippen LogP contribution in [0.1, 0.15) is 31.0 Å². The van der Waals surface area contributed by atoms with Gasteiger partial charge < -0.3 is 19.3 Å². The Morgan fingerprint density at radius 2 is 2.03 bits per heavy atom. The molecule has 1 atom stereocenters. The quantitative estimate of drug-likeness (QED) is 0.466. The van der Waals surface area contributed by atoms with Gasteiger partial charge in [-0.3, -0.25) is 9.36 Å². The van der Waals surface area contributed by atoms with Gasteiger partial charge in [-0.25, -0.2) is 9.79 Å². The number of rotatable bonds is 6. The lowest BCUT2D eigenvalue weighted by Gasteiger charge is -2.25. The SMILES string of the molecule is CCOC(=O)C1=C(C)N=c2s/c(=C\c3cc(Br)c(O)c(OC)c3)c(=O)n2C1c1cccc(OC)c1. The Kier molecular flexibility index (Phi) is 7.13. The van der Waals surface area contributed by atoms with E-state index in [1.807, 2.05) is 12.1 Å². The van der Waals surface area contributed by atoms with Crippen molar-refractivity contribution in [3.63, 3.8) is 0 Å². The normalized spacial score (nSPS) is 15.5.